The fourth-order valence-corrected chi connectivity index (χ4v) is 3.40. The molecule has 0 heterocycles. The molecular weight excluding hydrogens is 581 g/mol. The van der Waals surface area contributed by atoms with Gasteiger partial charge in [0, 0.05) is 7.14 Å². The van der Waals surface area contributed by atoms with Gasteiger partial charge in [-0.2, -0.15) is 0 Å². The largest absolute Gasteiger partial charge is 0.478 e. The Kier molecular flexibility index (Phi) is 9.32. The quantitative estimate of drug-likeness (QED) is 0.363. The number of carbonyl (C=O) groups excluding carboxylic acids is 1. The van der Waals surface area contributed by atoms with Gasteiger partial charge >= 0.3 is 11.9 Å². The summed E-state index contributed by atoms with van der Waals surface area (Å²) in [7, 11) is 0. The summed E-state index contributed by atoms with van der Waals surface area (Å²) in [6.45, 7) is 2.12. The lowest BCUT2D eigenvalue weighted by molar-refractivity contribution is 0.0526. The summed E-state index contributed by atoms with van der Waals surface area (Å²) in [6.07, 6.45) is 0. The number of esters is 1. The van der Waals surface area contributed by atoms with Crippen molar-refractivity contribution in [2.24, 2.45) is 0 Å². The van der Waals surface area contributed by atoms with Gasteiger partial charge in [-0.15, -0.1) is 0 Å². The number of aromatic carboxylic acids is 1. The minimum absolute atomic E-state index is 0.145. The van der Waals surface area contributed by atoms with Crippen LogP contribution in [0.5, 0.6) is 0 Å². The van der Waals surface area contributed by atoms with Gasteiger partial charge in [0.1, 0.15) is 0 Å². The molecule has 2 rings (SSSR count). The fraction of sp³-hybridized carbons (Fsp3) is 0.125. The minimum Gasteiger partial charge on any atom is -0.478 e. The first-order chi connectivity index (χ1) is 11.3. The van der Waals surface area contributed by atoms with Crippen molar-refractivity contribution in [2.75, 3.05) is 6.61 Å². The molecule has 0 unspecified atom stereocenters. The molecule has 0 fully saturated rings. The fourth-order valence-electron chi connectivity index (χ4n) is 1.53. The van der Waals surface area contributed by atoms with E-state index >= 15 is 0 Å². The SMILES string of the molecule is CCOC(=O)c1ccc(I)cc1Cl.O=C(O)c1ccc(I)cc1Cl. The van der Waals surface area contributed by atoms with Gasteiger partial charge in [0.05, 0.1) is 27.8 Å². The molecule has 8 heteroatoms. The average molecular weight is 593 g/mol. The summed E-state index contributed by atoms with van der Waals surface area (Å²) in [5, 5.41) is 9.29. The van der Waals surface area contributed by atoms with Crippen LogP contribution in [0.15, 0.2) is 36.4 Å². The normalized spacial score (nSPS) is 9.71. The van der Waals surface area contributed by atoms with Gasteiger partial charge < -0.3 is 9.84 Å². The Morgan fingerprint density at radius 3 is 1.83 bits per heavy atom. The van der Waals surface area contributed by atoms with E-state index in [1.807, 2.05) is 6.07 Å². The summed E-state index contributed by atoms with van der Waals surface area (Å²) in [4.78, 5) is 21.7. The van der Waals surface area contributed by atoms with Crippen molar-refractivity contribution in [1.82, 2.24) is 0 Å². The van der Waals surface area contributed by atoms with E-state index in [1.165, 1.54) is 6.07 Å². The standard InChI is InChI=1S/C9H8ClIO2.C7H4ClIO2/c1-2-13-9(12)7-4-3-6(11)5-8(7)10;8-6-3-4(9)1-2-5(6)7(10)11/h3-5H,2H2,1H3;1-3H,(H,10,11). The van der Waals surface area contributed by atoms with E-state index in [9.17, 15) is 9.59 Å². The predicted octanol–water partition coefficient (Wildman–Crippen LogP) is 5.76. The summed E-state index contributed by atoms with van der Waals surface area (Å²) >= 11 is 15.7. The molecule has 0 saturated heterocycles. The van der Waals surface area contributed by atoms with Crippen molar-refractivity contribution in [3.63, 3.8) is 0 Å². The predicted molar refractivity (Wildman–Crippen MR) is 111 cm³/mol. The Bertz CT molecular complexity index is 751. The lowest BCUT2D eigenvalue weighted by Gasteiger charge is -2.03. The molecule has 24 heavy (non-hydrogen) atoms. The highest BCUT2D eigenvalue weighted by atomic mass is 127. The van der Waals surface area contributed by atoms with Crippen molar-refractivity contribution in [3.05, 3.63) is 64.7 Å². The molecule has 4 nitrogen and oxygen atoms in total. The lowest BCUT2D eigenvalue weighted by Crippen LogP contribution is -2.05. The summed E-state index contributed by atoms with van der Waals surface area (Å²) in [5.74, 6) is -1.37. The zero-order valence-corrected chi connectivity index (χ0v) is 18.2. The minimum atomic E-state index is -0.994. The van der Waals surface area contributed by atoms with Crippen molar-refractivity contribution in [3.8, 4) is 0 Å². The molecule has 0 aromatic heterocycles. The van der Waals surface area contributed by atoms with Crippen LogP contribution < -0.4 is 0 Å². The van der Waals surface area contributed by atoms with Gasteiger partial charge in [0.2, 0.25) is 0 Å². The highest BCUT2D eigenvalue weighted by Gasteiger charge is 2.10. The van der Waals surface area contributed by atoms with Crippen molar-refractivity contribution in [1.29, 1.82) is 0 Å². The van der Waals surface area contributed by atoms with E-state index in [0.717, 1.165) is 7.14 Å². The van der Waals surface area contributed by atoms with Gasteiger partial charge in [0.15, 0.2) is 0 Å². The molecule has 0 aliphatic heterocycles. The molecule has 2 aromatic rings. The third-order valence-corrected chi connectivity index (χ3v) is 4.56. The number of halogens is 4. The zero-order valence-electron chi connectivity index (χ0n) is 12.4. The second-order valence-corrected chi connectivity index (χ2v) is 7.58. The van der Waals surface area contributed by atoms with Crippen LogP contribution in [0, 0.1) is 7.14 Å². The van der Waals surface area contributed by atoms with Crippen LogP contribution in [0.4, 0.5) is 0 Å². The topological polar surface area (TPSA) is 63.6 Å². The van der Waals surface area contributed by atoms with Gasteiger partial charge in [-0.05, 0) is 88.5 Å². The number of carboxylic acids is 1. The molecular formula is C16H12Cl2I2O4. The first-order valence-corrected chi connectivity index (χ1v) is 9.48. The number of ether oxygens (including phenoxy) is 1. The monoisotopic (exact) mass is 592 g/mol. The molecule has 0 aliphatic rings. The van der Waals surface area contributed by atoms with Crippen LogP contribution >= 0.6 is 68.4 Å². The number of carbonyl (C=O) groups is 2. The summed E-state index contributed by atoms with van der Waals surface area (Å²) in [5.41, 5.74) is 0.566. The molecule has 0 radical (unpaired) electrons. The maximum atomic E-state index is 11.3. The Hall–Kier alpha value is -0.580. The van der Waals surface area contributed by atoms with Crippen molar-refractivity contribution < 1.29 is 19.4 Å². The Labute approximate surface area is 176 Å². The van der Waals surface area contributed by atoms with E-state index in [2.05, 4.69) is 45.2 Å². The van der Waals surface area contributed by atoms with Crippen LogP contribution in [0.25, 0.3) is 0 Å². The van der Waals surface area contributed by atoms with Crippen molar-refractivity contribution >= 4 is 80.3 Å². The highest BCUT2D eigenvalue weighted by molar-refractivity contribution is 14.1. The summed E-state index contributed by atoms with van der Waals surface area (Å²) in [6, 6.07) is 10.0. The van der Waals surface area contributed by atoms with E-state index in [0.29, 0.717) is 17.2 Å². The number of benzene rings is 2. The Morgan fingerprint density at radius 2 is 1.46 bits per heavy atom. The third kappa shape index (κ3) is 6.73. The molecule has 2 aromatic carbocycles. The molecule has 0 bridgehead atoms. The number of rotatable bonds is 3. The smallest absolute Gasteiger partial charge is 0.339 e. The first kappa shape index (κ1) is 21.5. The first-order valence-electron chi connectivity index (χ1n) is 6.56. The second kappa shape index (κ2) is 10.4. The average Bonchev–Trinajstić information content (AvgIpc) is 2.47. The molecule has 0 amide bonds. The second-order valence-electron chi connectivity index (χ2n) is 4.27. The lowest BCUT2D eigenvalue weighted by atomic mass is 10.2. The van der Waals surface area contributed by atoms with Gasteiger partial charge in [0.25, 0.3) is 0 Å². The van der Waals surface area contributed by atoms with Crippen LogP contribution in [0.2, 0.25) is 10.0 Å². The van der Waals surface area contributed by atoms with Crippen LogP contribution in [-0.4, -0.2) is 23.7 Å². The Morgan fingerprint density at radius 1 is 1.00 bits per heavy atom. The maximum Gasteiger partial charge on any atom is 0.339 e. The van der Waals surface area contributed by atoms with E-state index in [4.69, 9.17) is 33.0 Å². The van der Waals surface area contributed by atoms with Crippen LogP contribution in [0.3, 0.4) is 0 Å². The van der Waals surface area contributed by atoms with E-state index in [-0.39, 0.29) is 16.6 Å². The van der Waals surface area contributed by atoms with Gasteiger partial charge in [-0.25, -0.2) is 9.59 Å². The summed E-state index contributed by atoms with van der Waals surface area (Å²) < 4.78 is 6.75. The van der Waals surface area contributed by atoms with E-state index in [1.54, 1.807) is 31.2 Å². The third-order valence-electron chi connectivity index (χ3n) is 2.59. The van der Waals surface area contributed by atoms with Crippen LogP contribution in [0.1, 0.15) is 27.6 Å². The molecule has 0 spiro atoms. The number of hydrogen-bond donors (Lipinski definition) is 1. The van der Waals surface area contributed by atoms with E-state index < -0.39 is 5.97 Å². The molecule has 0 atom stereocenters. The molecule has 1 N–H and O–H groups in total. The zero-order chi connectivity index (χ0) is 18.3. The van der Waals surface area contributed by atoms with Crippen LogP contribution in [-0.2, 0) is 4.74 Å². The molecule has 128 valence electrons. The van der Waals surface area contributed by atoms with Crippen molar-refractivity contribution in [2.45, 2.75) is 6.92 Å². The van der Waals surface area contributed by atoms with Gasteiger partial charge in [-0.3, -0.25) is 0 Å². The number of hydrogen-bond acceptors (Lipinski definition) is 3. The molecule has 0 aliphatic carbocycles. The molecule has 0 saturated carbocycles. The number of carboxylic acid groups (broad SMARTS) is 1. The maximum absolute atomic E-state index is 11.3. The van der Waals surface area contributed by atoms with Gasteiger partial charge in [-0.1, -0.05) is 23.2 Å². The Balaban J connectivity index is 0.000000243. The highest BCUT2D eigenvalue weighted by Crippen LogP contribution is 2.20.